The first-order valence-electron chi connectivity index (χ1n) is 10.2. The minimum absolute atomic E-state index is 0.125. The summed E-state index contributed by atoms with van der Waals surface area (Å²) in [7, 11) is 3.20. The Morgan fingerprint density at radius 1 is 1.19 bits per heavy atom. The highest BCUT2D eigenvalue weighted by Gasteiger charge is 2.18. The van der Waals surface area contributed by atoms with Gasteiger partial charge in [0.25, 0.3) is 0 Å². The van der Waals surface area contributed by atoms with Crippen molar-refractivity contribution in [1.29, 1.82) is 0 Å². The Balaban J connectivity index is 1.66. The third-order valence-electron chi connectivity index (χ3n) is 4.96. The Morgan fingerprint density at radius 3 is 2.65 bits per heavy atom. The molecule has 2 aromatic heterocycles. The first kappa shape index (κ1) is 22.8. The highest BCUT2D eigenvalue weighted by atomic mass is 32.1. The predicted molar refractivity (Wildman–Crippen MR) is 121 cm³/mol. The summed E-state index contributed by atoms with van der Waals surface area (Å²) in [6, 6.07) is 5.66. The van der Waals surface area contributed by atoms with Crippen LogP contribution in [0.15, 0.2) is 23.6 Å². The average molecular weight is 444 g/mol. The number of methoxy groups -OCH3 is 2. The minimum Gasteiger partial charge on any atom is -0.493 e. The number of para-hydroxylation sites is 1. The van der Waals surface area contributed by atoms with E-state index in [1.165, 1.54) is 11.3 Å². The number of aromatic nitrogens is 3. The average Bonchev–Trinajstić information content (AvgIpc) is 3.31. The molecule has 0 bridgehead atoms. The second-order valence-electron chi connectivity index (χ2n) is 7.75. The molecule has 3 rings (SSSR count). The van der Waals surface area contributed by atoms with Crippen molar-refractivity contribution in [3.8, 4) is 22.1 Å². The minimum atomic E-state index is -0.288. The molecule has 0 radical (unpaired) electrons. The number of hydrogen-bond donors (Lipinski definition) is 0. The molecule has 0 saturated carbocycles. The van der Waals surface area contributed by atoms with Crippen LogP contribution in [-0.4, -0.2) is 35.0 Å². The lowest BCUT2D eigenvalue weighted by Crippen LogP contribution is -2.11. The van der Waals surface area contributed by atoms with Gasteiger partial charge in [0.05, 0.1) is 37.6 Å². The molecule has 1 aromatic carbocycles. The number of hydrogen-bond acceptors (Lipinski definition) is 7. The highest BCUT2D eigenvalue weighted by molar-refractivity contribution is 7.13. The zero-order chi connectivity index (χ0) is 22.5. The Hall–Kier alpha value is -2.87. The number of thiazole rings is 1. The Labute approximate surface area is 187 Å². The van der Waals surface area contributed by atoms with Crippen molar-refractivity contribution in [2.45, 2.75) is 47.3 Å². The van der Waals surface area contributed by atoms with Crippen molar-refractivity contribution >= 4 is 17.3 Å². The fraction of sp³-hybridized carbons (Fsp3) is 0.435. The normalized spacial score (nSPS) is 11.1. The van der Waals surface area contributed by atoms with Crippen LogP contribution < -0.4 is 9.47 Å². The predicted octanol–water partition coefficient (Wildman–Crippen LogP) is 4.58. The molecule has 8 heteroatoms. The molecule has 2 heterocycles. The standard InChI is InChI=1S/C23H29N3O4S/c1-14(2)11-26-16(4)19(15(3)25-26)10-21(27)30-12-17-13-31-23(24-17)18-8-7-9-20(28-5)22(18)29-6/h7-9,13-14H,10-12H2,1-6H3. The zero-order valence-corrected chi connectivity index (χ0v) is 19.7. The van der Waals surface area contributed by atoms with Crippen LogP contribution >= 0.6 is 11.3 Å². The van der Waals surface area contributed by atoms with Crippen molar-refractivity contribution in [2.75, 3.05) is 14.2 Å². The maximum atomic E-state index is 12.5. The smallest absolute Gasteiger partial charge is 0.310 e. The van der Waals surface area contributed by atoms with E-state index in [4.69, 9.17) is 14.2 Å². The monoisotopic (exact) mass is 443 g/mol. The van der Waals surface area contributed by atoms with E-state index in [0.717, 1.165) is 34.1 Å². The van der Waals surface area contributed by atoms with Gasteiger partial charge in [-0.3, -0.25) is 9.48 Å². The fourth-order valence-electron chi connectivity index (χ4n) is 3.42. The van der Waals surface area contributed by atoms with Gasteiger partial charge >= 0.3 is 5.97 Å². The first-order chi connectivity index (χ1) is 14.8. The summed E-state index contributed by atoms with van der Waals surface area (Å²) >= 11 is 1.47. The lowest BCUT2D eigenvalue weighted by molar-refractivity contribution is -0.144. The summed E-state index contributed by atoms with van der Waals surface area (Å²) in [5, 5.41) is 7.23. The molecule has 31 heavy (non-hydrogen) atoms. The number of ether oxygens (including phenoxy) is 3. The van der Waals surface area contributed by atoms with E-state index in [2.05, 4.69) is 23.9 Å². The summed E-state index contributed by atoms with van der Waals surface area (Å²) < 4.78 is 18.3. The van der Waals surface area contributed by atoms with E-state index in [1.54, 1.807) is 14.2 Å². The van der Waals surface area contributed by atoms with Gasteiger partial charge in [-0.1, -0.05) is 19.9 Å². The van der Waals surface area contributed by atoms with Crippen molar-refractivity contribution in [2.24, 2.45) is 5.92 Å². The largest absolute Gasteiger partial charge is 0.493 e. The number of nitrogens with zero attached hydrogens (tertiary/aromatic N) is 3. The molecular formula is C23H29N3O4S. The number of carbonyl (C=O) groups is 1. The second kappa shape index (κ2) is 9.96. The number of rotatable bonds is 9. The van der Waals surface area contributed by atoms with Crippen LogP contribution in [0.4, 0.5) is 0 Å². The molecule has 7 nitrogen and oxygen atoms in total. The van der Waals surface area contributed by atoms with Gasteiger partial charge < -0.3 is 14.2 Å². The number of esters is 1. The number of carbonyl (C=O) groups excluding carboxylic acids is 1. The van der Waals surface area contributed by atoms with Gasteiger partial charge in [-0.05, 0) is 31.9 Å². The van der Waals surface area contributed by atoms with Crippen LogP contribution in [0.2, 0.25) is 0 Å². The second-order valence-corrected chi connectivity index (χ2v) is 8.61. The van der Waals surface area contributed by atoms with Gasteiger partial charge in [0.2, 0.25) is 0 Å². The summed E-state index contributed by atoms with van der Waals surface area (Å²) in [5.41, 5.74) is 4.36. The number of benzene rings is 1. The van der Waals surface area contributed by atoms with E-state index >= 15 is 0 Å². The van der Waals surface area contributed by atoms with E-state index in [0.29, 0.717) is 23.1 Å². The maximum Gasteiger partial charge on any atom is 0.310 e. The van der Waals surface area contributed by atoms with Gasteiger partial charge in [0, 0.05) is 23.2 Å². The van der Waals surface area contributed by atoms with Crippen LogP contribution in [0.25, 0.3) is 10.6 Å². The van der Waals surface area contributed by atoms with Crippen molar-refractivity contribution in [3.63, 3.8) is 0 Å². The molecule has 3 aromatic rings. The third kappa shape index (κ3) is 5.25. The Kier molecular flexibility index (Phi) is 7.33. The van der Waals surface area contributed by atoms with E-state index in [-0.39, 0.29) is 19.0 Å². The topological polar surface area (TPSA) is 75.5 Å². The molecule has 166 valence electrons. The molecule has 0 fully saturated rings. The lowest BCUT2D eigenvalue weighted by Gasteiger charge is -2.10. The van der Waals surface area contributed by atoms with Gasteiger partial charge in [-0.15, -0.1) is 11.3 Å². The highest BCUT2D eigenvalue weighted by Crippen LogP contribution is 2.39. The van der Waals surface area contributed by atoms with Crippen LogP contribution in [0.3, 0.4) is 0 Å². The number of aryl methyl sites for hydroxylation is 1. The molecule has 0 saturated heterocycles. The summed E-state index contributed by atoms with van der Waals surface area (Å²) in [4.78, 5) is 17.1. The van der Waals surface area contributed by atoms with Crippen LogP contribution in [0.1, 0.15) is 36.5 Å². The van der Waals surface area contributed by atoms with Crippen LogP contribution in [-0.2, 0) is 29.1 Å². The van der Waals surface area contributed by atoms with Crippen molar-refractivity contribution in [3.05, 3.63) is 46.2 Å². The van der Waals surface area contributed by atoms with Gasteiger partial charge in [-0.2, -0.15) is 5.10 Å². The quantitative estimate of drug-likeness (QED) is 0.451. The molecule has 0 aliphatic heterocycles. The van der Waals surface area contributed by atoms with Gasteiger partial charge in [0.15, 0.2) is 11.5 Å². The van der Waals surface area contributed by atoms with Crippen LogP contribution in [0.5, 0.6) is 11.5 Å². The van der Waals surface area contributed by atoms with Crippen molar-refractivity contribution < 1.29 is 19.0 Å². The Bertz CT molecular complexity index is 1060. The SMILES string of the molecule is COc1cccc(-c2nc(COC(=O)Cc3c(C)nn(CC(C)C)c3C)cs2)c1OC. The van der Waals surface area contributed by atoms with Crippen LogP contribution in [0, 0.1) is 19.8 Å². The summed E-state index contributed by atoms with van der Waals surface area (Å²) in [6.07, 6.45) is 0.205. The molecule has 0 N–H and O–H groups in total. The molecule has 0 atom stereocenters. The zero-order valence-electron chi connectivity index (χ0n) is 18.9. The molecular weight excluding hydrogens is 414 g/mol. The van der Waals surface area contributed by atoms with E-state index in [1.807, 2.05) is 42.1 Å². The third-order valence-corrected chi connectivity index (χ3v) is 5.88. The van der Waals surface area contributed by atoms with Gasteiger partial charge in [-0.25, -0.2) is 4.98 Å². The van der Waals surface area contributed by atoms with E-state index < -0.39 is 0 Å². The summed E-state index contributed by atoms with van der Waals surface area (Å²) in [6.45, 7) is 9.18. The molecule has 0 amide bonds. The van der Waals surface area contributed by atoms with Gasteiger partial charge in [0.1, 0.15) is 11.6 Å². The van der Waals surface area contributed by atoms with Crippen molar-refractivity contribution in [1.82, 2.24) is 14.8 Å². The molecule has 0 aliphatic carbocycles. The Morgan fingerprint density at radius 2 is 1.97 bits per heavy atom. The summed E-state index contributed by atoms with van der Waals surface area (Å²) in [5.74, 6) is 1.47. The molecule has 0 aliphatic rings. The molecule has 0 unspecified atom stereocenters. The molecule has 0 spiro atoms. The fourth-order valence-corrected chi connectivity index (χ4v) is 4.24. The first-order valence-corrected chi connectivity index (χ1v) is 11.1. The maximum absolute atomic E-state index is 12.5. The lowest BCUT2D eigenvalue weighted by atomic mass is 10.1. The van der Waals surface area contributed by atoms with E-state index in [9.17, 15) is 4.79 Å².